The summed E-state index contributed by atoms with van der Waals surface area (Å²) in [5.74, 6) is 1.01. The summed E-state index contributed by atoms with van der Waals surface area (Å²) in [5, 5.41) is 0. The van der Waals surface area contributed by atoms with Gasteiger partial charge in [0.15, 0.2) is 0 Å². The van der Waals surface area contributed by atoms with Crippen LogP contribution in [-0.4, -0.2) is 0 Å². The lowest BCUT2D eigenvalue weighted by atomic mass is 10.1. The average molecular weight is 236 g/mol. The van der Waals surface area contributed by atoms with Crippen molar-refractivity contribution in [2.45, 2.75) is 32.6 Å². The van der Waals surface area contributed by atoms with Gasteiger partial charge < -0.3 is 0 Å². The van der Waals surface area contributed by atoms with Gasteiger partial charge in [-0.2, -0.15) is 0 Å². The lowest BCUT2D eigenvalue weighted by Crippen LogP contribution is -1.87. The summed E-state index contributed by atoms with van der Waals surface area (Å²) in [4.78, 5) is 0. The summed E-state index contributed by atoms with van der Waals surface area (Å²) >= 11 is 2.35. The number of hydrogen-bond donors (Lipinski definition) is 0. The summed E-state index contributed by atoms with van der Waals surface area (Å²) in [5.41, 5.74) is 1.67. The van der Waals surface area contributed by atoms with Gasteiger partial charge in [0, 0.05) is 0 Å². The minimum Gasteiger partial charge on any atom is -0.0651 e. The predicted molar refractivity (Wildman–Crippen MR) is 49.7 cm³/mol. The van der Waals surface area contributed by atoms with Crippen molar-refractivity contribution in [1.29, 1.82) is 0 Å². The van der Waals surface area contributed by atoms with Gasteiger partial charge in [-0.3, -0.25) is 0 Å². The van der Waals surface area contributed by atoms with Crippen LogP contribution in [-0.2, 0) is 0 Å². The second kappa shape index (κ2) is 3.59. The molecule has 0 aromatic rings. The van der Waals surface area contributed by atoms with E-state index >= 15 is 0 Å². The molecule has 0 aromatic carbocycles. The maximum absolute atomic E-state index is 2.35. The minimum absolute atomic E-state index is 1.01. The highest BCUT2D eigenvalue weighted by molar-refractivity contribution is 14.1. The molecule has 0 bridgehead atoms. The van der Waals surface area contributed by atoms with Crippen molar-refractivity contribution in [2.24, 2.45) is 5.92 Å². The minimum atomic E-state index is 1.01. The van der Waals surface area contributed by atoms with Crippen LogP contribution in [0.5, 0.6) is 0 Å². The molecule has 1 unspecified atom stereocenters. The Kier molecular flexibility index (Phi) is 3.02. The van der Waals surface area contributed by atoms with Crippen LogP contribution in [0.2, 0.25) is 0 Å². The second-order valence-corrected chi connectivity index (χ2v) is 3.41. The fourth-order valence-corrected chi connectivity index (χ4v) is 1.98. The molecule has 0 nitrogen and oxygen atoms in total. The van der Waals surface area contributed by atoms with Gasteiger partial charge >= 0.3 is 0 Å². The van der Waals surface area contributed by atoms with E-state index in [-0.39, 0.29) is 0 Å². The van der Waals surface area contributed by atoms with Gasteiger partial charge in [0.2, 0.25) is 0 Å². The van der Waals surface area contributed by atoms with Gasteiger partial charge in [0.25, 0.3) is 0 Å². The fraction of sp³-hybridized carbons (Fsp3) is 0.750. The maximum Gasteiger partial charge on any atom is -0.0242 e. The molecule has 0 heterocycles. The summed E-state index contributed by atoms with van der Waals surface area (Å²) in [6.45, 7) is 2.29. The topological polar surface area (TPSA) is 0 Å². The van der Waals surface area contributed by atoms with Crippen molar-refractivity contribution in [1.82, 2.24) is 0 Å². The number of rotatable bonds is 1. The Bertz CT molecular complexity index is 116. The SMILES string of the molecule is CCC1CC/C(=C/I)C1. The first-order chi connectivity index (χ1) is 4.36. The number of allylic oxidation sites excluding steroid dienone is 1. The molecule has 1 atom stereocenters. The number of hydrogen-bond acceptors (Lipinski definition) is 0. The van der Waals surface area contributed by atoms with Crippen molar-refractivity contribution in [3.8, 4) is 0 Å². The molecule has 1 rings (SSSR count). The van der Waals surface area contributed by atoms with E-state index in [0.717, 1.165) is 5.92 Å². The monoisotopic (exact) mass is 236 g/mol. The van der Waals surface area contributed by atoms with E-state index in [1.165, 1.54) is 25.7 Å². The van der Waals surface area contributed by atoms with Crippen molar-refractivity contribution in [2.75, 3.05) is 0 Å². The lowest BCUT2D eigenvalue weighted by molar-refractivity contribution is 0.538. The Labute approximate surface area is 70.9 Å². The van der Waals surface area contributed by atoms with Gasteiger partial charge in [-0.25, -0.2) is 0 Å². The summed E-state index contributed by atoms with van der Waals surface area (Å²) in [6.07, 6.45) is 5.54. The molecule has 1 fully saturated rings. The maximum atomic E-state index is 2.35. The Morgan fingerprint density at radius 3 is 2.89 bits per heavy atom. The van der Waals surface area contributed by atoms with Gasteiger partial charge in [0.05, 0.1) is 0 Å². The van der Waals surface area contributed by atoms with E-state index in [0.29, 0.717) is 0 Å². The van der Waals surface area contributed by atoms with E-state index in [9.17, 15) is 0 Å². The van der Waals surface area contributed by atoms with E-state index < -0.39 is 0 Å². The molecule has 9 heavy (non-hydrogen) atoms. The summed E-state index contributed by atoms with van der Waals surface area (Å²) in [7, 11) is 0. The van der Waals surface area contributed by atoms with Crippen molar-refractivity contribution >= 4 is 22.6 Å². The van der Waals surface area contributed by atoms with Crippen LogP contribution in [0.4, 0.5) is 0 Å². The predicted octanol–water partition coefficient (Wildman–Crippen LogP) is 3.52. The molecule has 1 saturated carbocycles. The molecule has 0 aliphatic heterocycles. The highest BCUT2D eigenvalue weighted by Crippen LogP contribution is 2.32. The molecule has 1 aliphatic carbocycles. The third-order valence-corrected chi connectivity index (χ3v) is 3.04. The van der Waals surface area contributed by atoms with E-state index in [2.05, 4.69) is 33.6 Å². The third-order valence-electron chi connectivity index (χ3n) is 2.16. The van der Waals surface area contributed by atoms with Crippen molar-refractivity contribution in [3.05, 3.63) is 9.66 Å². The lowest BCUT2D eigenvalue weighted by Gasteiger charge is -2.00. The first kappa shape index (κ1) is 7.58. The molecule has 1 heteroatoms. The van der Waals surface area contributed by atoms with E-state index in [1.54, 1.807) is 5.57 Å². The standard InChI is InChI=1S/C8H13I/c1-2-7-3-4-8(5-7)6-9/h6-7H,2-5H2,1H3/b8-6-. The van der Waals surface area contributed by atoms with E-state index in [1.807, 2.05) is 0 Å². The zero-order chi connectivity index (χ0) is 6.69. The average Bonchev–Trinajstić information content (AvgIpc) is 2.34. The quantitative estimate of drug-likeness (QED) is 0.611. The highest BCUT2D eigenvalue weighted by atomic mass is 127. The zero-order valence-electron chi connectivity index (χ0n) is 5.86. The van der Waals surface area contributed by atoms with Crippen LogP contribution in [0.15, 0.2) is 9.66 Å². The van der Waals surface area contributed by atoms with Crippen LogP contribution in [0.1, 0.15) is 32.6 Å². The normalized spacial score (nSPS) is 31.8. The van der Waals surface area contributed by atoms with Crippen LogP contribution < -0.4 is 0 Å². The molecule has 52 valence electrons. The molecule has 0 spiro atoms. The Morgan fingerprint density at radius 1 is 1.78 bits per heavy atom. The number of halogens is 1. The molecular formula is C8H13I. The zero-order valence-corrected chi connectivity index (χ0v) is 8.02. The van der Waals surface area contributed by atoms with E-state index in [4.69, 9.17) is 0 Å². The molecule has 0 saturated heterocycles. The largest absolute Gasteiger partial charge is 0.0651 e. The summed E-state index contributed by atoms with van der Waals surface area (Å²) in [6, 6.07) is 0. The Balaban J connectivity index is 2.38. The molecule has 0 N–H and O–H groups in total. The Morgan fingerprint density at radius 2 is 2.56 bits per heavy atom. The van der Waals surface area contributed by atoms with Gasteiger partial charge in [-0.15, -0.1) is 0 Å². The van der Waals surface area contributed by atoms with Crippen LogP contribution in [0, 0.1) is 5.92 Å². The first-order valence-electron chi connectivity index (χ1n) is 3.65. The smallest absolute Gasteiger partial charge is 0.0242 e. The van der Waals surface area contributed by atoms with Gasteiger partial charge in [-0.05, 0) is 29.3 Å². The van der Waals surface area contributed by atoms with Crippen LogP contribution in [0.25, 0.3) is 0 Å². The highest BCUT2D eigenvalue weighted by Gasteiger charge is 2.16. The van der Waals surface area contributed by atoms with Crippen molar-refractivity contribution in [3.63, 3.8) is 0 Å². The van der Waals surface area contributed by atoms with Crippen molar-refractivity contribution < 1.29 is 0 Å². The Hall–Kier alpha value is 0.470. The molecule has 0 aromatic heterocycles. The van der Waals surface area contributed by atoms with Crippen LogP contribution >= 0.6 is 22.6 Å². The van der Waals surface area contributed by atoms with Gasteiger partial charge in [-0.1, -0.05) is 41.5 Å². The molecule has 0 radical (unpaired) electrons. The molecular weight excluding hydrogens is 223 g/mol. The van der Waals surface area contributed by atoms with Gasteiger partial charge in [0.1, 0.15) is 0 Å². The van der Waals surface area contributed by atoms with Crippen LogP contribution in [0.3, 0.4) is 0 Å². The third kappa shape index (κ3) is 1.95. The second-order valence-electron chi connectivity index (χ2n) is 2.78. The molecule has 1 aliphatic rings. The summed E-state index contributed by atoms with van der Waals surface area (Å²) < 4.78 is 2.26. The first-order valence-corrected chi connectivity index (χ1v) is 4.89. The fourth-order valence-electron chi connectivity index (χ4n) is 1.41. The molecule has 0 amide bonds.